The van der Waals surface area contributed by atoms with Crippen molar-refractivity contribution in [2.45, 2.75) is 24.9 Å². The Kier molecular flexibility index (Phi) is 4.22. The summed E-state index contributed by atoms with van der Waals surface area (Å²) in [5.41, 5.74) is 8.03. The van der Waals surface area contributed by atoms with Crippen LogP contribution in [0, 0.1) is 0 Å². The summed E-state index contributed by atoms with van der Waals surface area (Å²) < 4.78 is 4.87. The molecule has 0 bridgehead atoms. The summed E-state index contributed by atoms with van der Waals surface area (Å²) in [5, 5.41) is 3.69. The van der Waals surface area contributed by atoms with E-state index in [1.165, 1.54) is 12.7 Å². The van der Waals surface area contributed by atoms with Gasteiger partial charge in [-0.15, -0.1) is 0 Å². The van der Waals surface area contributed by atoms with Crippen LogP contribution in [0.4, 0.5) is 0 Å². The number of hydrogen-bond acceptors (Lipinski definition) is 3. The fraction of sp³-hybridized carbons (Fsp3) is 0.462. The number of nitrogens with one attached hydrogen (secondary N) is 1. The zero-order valence-electron chi connectivity index (χ0n) is 10.3. The molecule has 1 aliphatic rings. The van der Waals surface area contributed by atoms with E-state index in [9.17, 15) is 4.79 Å². The van der Waals surface area contributed by atoms with E-state index >= 15 is 0 Å². The lowest BCUT2D eigenvalue weighted by Crippen LogP contribution is -2.44. The molecule has 1 aliphatic carbocycles. The zero-order valence-corrected chi connectivity index (χ0v) is 11.0. The first kappa shape index (κ1) is 13.3. The van der Waals surface area contributed by atoms with Gasteiger partial charge in [0.05, 0.1) is 12.6 Å². The normalized spacial score (nSPS) is 19.4. The predicted octanol–water partition coefficient (Wildman–Crippen LogP) is 1.42. The van der Waals surface area contributed by atoms with E-state index in [0.29, 0.717) is 0 Å². The largest absolute Gasteiger partial charge is 0.383 e. The number of ether oxygens (including phenoxy) is 1. The van der Waals surface area contributed by atoms with Crippen molar-refractivity contribution in [3.05, 3.63) is 34.3 Å². The van der Waals surface area contributed by atoms with Crippen molar-refractivity contribution in [2.24, 2.45) is 5.73 Å². The Bertz CT molecular complexity index is 451. The van der Waals surface area contributed by atoms with Gasteiger partial charge < -0.3 is 15.8 Å². The van der Waals surface area contributed by atoms with E-state index < -0.39 is 6.04 Å². The summed E-state index contributed by atoms with van der Waals surface area (Å²) in [6.45, 7) is 0.228. The van der Waals surface area contributed by atoms with Gasteiger partial charge >= 0.3 is 0 Å². The van der Waals surface area contributed by atoms with Crippen molar-refractivity contribution in [1.82, 2.24) is 5.32 Å². The van der Waals surface area contributed by atoms with E-state index in [1.54, 1.807) is 0 Å². The molecule has 0 fully saturated rings. The fourth-order valence-corrected chi connectivity index (χ4v) is 2.46. The molecule has 0 heterocycles. The van der Waals surface area contributed by atoms with Crippen LogP contribution in [0.5, 0.6) is 0 Å². The molecule has 0 aliphatic heterocycles. The Morgan fingerprint density at radius 2 is 2.44 bits per heavy atom. The highest BCUT2D eigenvalue weighted by molar-refractivity contribution is 6.30. The molecule has 2 rings (SSSR count). The minimum atomic E-state index is -0.619. The summed E-state index contributed by atoms with van der Waals surface area (Å²) >= 11 is 5.94. The summed E-state index contributed by atoms with van der Waals surface area (Å²) in [5.74, 6) is -0.176. The van der Waals surface area contributed by atoms with E-state index in [2.05, 4.69) is 5.32 Å². The second-order valence-corrected chi connectivity index (χ2v) is 4.94. The lowest BCUT2D eigenvalue weighted by atomic mass is 10.1. The van der Waals surface area contributed by atoms with Gasteiger partial charge in [-0.05, 0) is 36.1 Å². The van der Waals surface area contributed by atoms with Gasteiger partial charge in [0, 0.05) is 12.1 Å². The molecule has 1 aromatic rings. The first-order valence-electron chi connectivity index (χ1n) is 5.95. The molecule has 98 valence electrons. The molecule has 0 spiro atoms. The topological polar surface area (TPSA) is 64.3 Å². The molecule has 2 atom stereocenters. The number of amides is 1. The Labute approximate surface area is 111 Å². The lowest BCUT2D eigenvalue weighted by Gasteiger charge is -2.17. The van der Waals surface area contributed by atoms with Crippen molar-refractivity contribution in [2.75, 3.05) is 13.7 Å². The number of nitrogens with two attached hydrogens (primary N) is 1. The standard InChI is InChI=1S/C13H17ClN2O2/c1-18-7-11(15)13(17)16-12-5-2-8-6-9(14)3-4-10(8)12/h3-4,6,11-12H,2,5,7,15H2,1H3,(H,16,17). The SMILES string of the molecule is COCC(N)C(=O)NC1CCc2cc(Cl)ccc21. The molecule has 0 saturated carbocycles. The number of fused-ring (bicyclic) bond motifs is 1. The first-order valence-corrected chi connectivity index (χ1v) is 6.33. The quantitative estimate of drug-likeness (QED) is 0.868. The van der Waals surface area contributed by atoms with Crippen LogP contribution in [0.25, 0.3) is 0 Å². The van der Waals surface area contributed by atoms with Gasteiger partial charge in [0.1, 0.15) is 6.04 Å². The highest BCUT2D eigenvalue weighted by Gasteiger charge is 2.25. The number of carbonyl (C=O) groups excluding carboxylic acids is 1. The molecule has 3 N–H and O–H groups in total. The molecule has 1 amide bonds. The number of halogens is 1. The molecule has 5 heteroatoms. The van der Waals surface area contributed by atoms with Crippen LogP contribution in [0.15, 0.2) is 18.2 Å². The van der Waals surface area contributed by atoms with Gasteiger partial charge in [-0.3, -0.25) is 4.79 Å². The lowest BCUT2D eigenvalue weighted by molar-refractivity contribution is -0.124. The maximum Gasteiger partial charge on any atom is 0.239 e. The number of benzene rings is 1. The predicted molar refractivity (Wildman–Crippen MR) is 70.5 cm³/mol. The number of aryl methyl sites for hydroxylation is 1. The molecule has 4 nitrogen and oxygen atoms in total. The minimum Gasteiger partial charge on any atom is -0.383 e. The summed E-state index contributed by atoms with van der Waals surface area (Å²) in [6.07, 6.45) is 1.82. The Morgan fingerprint density at radius 3 is 3.17 bits per heavy atom. The van der Waals surface area contributed by atoms with E-state index in [4.69, 9.17) is 22.1 Å². The van der Waals surface area contributed by atoms with Crippen molar-refractivity contribution in [3.63, 3.8) is 0 Å². The van der Waals surface area contributed by atoms with Gasteiger partial charge in [0.15, 0.2) is 0 Å². The van der Waals surface area contributed by atoms with Gasteiger partial charge in [-0.2, -0.15) is 0 Å². The second-order valence-electron chi connectivity index (χ2n) is 4.50. The summed E-state index contributed by atoms with van der Waals surface area (Å²) in [4.78, 5) is 11.8. The number of carbonyl (C=O) groups is 1. The van der Waals surface area contributed by atoms with E-state index in [-0.39, 0.29) is 18.6 Å². The maximum absolute atomic E-state index is 11.8. The third-order valence-corrected chi connectivity index (χ3v) is 3.42. The van der Waals surface area contributed by atoms with E-state index in [1.807, 2.05) is 18.2 Å². The monoisotopic (exact) mass is 268 g/mol. The minimum absolute atomic E-state index is 0.0349. The summed E-state index contributed by atoms with van der Waals surface area (Å²) in [7, 11) is 1.53. The highest BCUT2D eigenvalue weighted by Crippen LogP contribution is 2.32. The molecule has 0 saturated heterocycles. The Hall–Kier alpha value is -1.10. The summed E-state index contributed by atoms with van der Waals surface area (Å²) in [6, 6.07) is 5.19. The third kappa shape index (κ3) is 2.83. The van der Waals surface area contributed by atoms with Crippen molar-refractivity contribution in [1.29, 1.82) is 0 Å². The Balaban J connectivity index is 2.03. The van der Waals surface area contributed by atoms with Crippen LogP contribution in [-0.4, -0.2) is 25.7 Å². The van der Waals surface area contributed by atoms with E-state index in [0.717, 1.165) is 23.4 Å². The number of rotatable bonds is 4. The Morgan fingerprint density at radius 1 is 1.67 bits per heavy atom. The smallest absolute Gasteiger partial charge is 0.239 e. The van der Waals surface area contributed by atoms with Gasteiger partial charge in [0.2, 0.25) is 5.91 Å². The average molecular weight is 269 g/mol. The fourth-order valence-electron chi connectivity index (χ4n) is 2.27. The van der Waals surface area contributed by atoms with Crippen molar-refractivity contribution < 1.29 is 9.53 Å². The van der Waals surface area contributed by atoms with Crippen LogP contribution in [-0.2, 0) is 16.0 Å². The molecular formula is C13H17ClN2O2. The third-order valence-electron chi connectivity index (χ3n) is 3.18. The van der Waals surface area contributed by atoms with Crippen LogP contribution in [0.1, 0.15) is 23.6 Å². The molecule has 1 aromatic carbocycles. The van der Waals surface area contributed by atoms with Gasteiger partial charge in [-0.1, -0.05) is 17.7 Å². The molecular weight excluding hydrogens is 252 g/mol. The van der Waals surface area contributed by atoms with Gasteiger partial charge in [-0.25, -0.2) is 0 Å². The van der Waals surface area contributed by atoms with Crippen LogP contribution >= 0.6 is 11.6 Å². The maximum atomic E-state index is 11.8. The number of hydrogen-bond donors (Lipinski definition) is 2. The van der Waals surface area contributed by atoms with Crippen LogP contribution < -0.4 is 11.1 Å². The number of methoxy groups -OCH3 is 1. The highest BCUT2D eigenvalue weighted by atomic mass is 35.5. The van der Waals surface area contributed by atoms with Crippen molar-refractivity contribution >= 4 is 17.5 Å². The molecule has 0 aromatic heterocycles. The van der Waals surface area contributed by atoms with Crippen LogP contribution in [0.2, 0.25) is 5.02 Å². The molecule has 0 radical (unpaired) electrons. The molecule has 18 heavy (non-hydrogen) atoms. The molecule has 2 unspecified atom stereocenters. The average Bonchev–Trinajstić information content (AvgIpc) is 2.72. The van der Waals surface area contributed by atoms with Crippen LogP contribution in [0.3, 0.4) is 0 Å². The first-order chi connectivity index (χ1) is 8.61. The zero-order chi connectivity index (χ0) is 13.1. The van der Waals surface area contributed by atoms with Gasteiger partial charge in [0.25, 0.3) is 0 Å². The van der Waals surface area contributed by atoms with Crippen molar-refractivity contribution in [3.8, 4) is 0 Å². The second kappa shape index (κ2) is 5.69.